The van der Waals surface area contributed by atoms with E-state index in [0.29, 0.717) is 38.8 Å². The number of rotatable bonds is 36. The van der Waals surface area contributed by atoms with Gasteiger partial charge in [0.25, 0.3) is 23.6 Å². The van der Waals surface area contributed by atoms with Gasteiger partial charge in [-0.15, -0.1) is 11.6 Å². The van der Waals surface area contributed by atoms with Crippen LogP contribution in [0.5, 0.6) is 11.5 Å². The number of aliphatic carboxylic acids is 1. The van der Waals surface area contributed by atoms with E-state index in [1.807, 2.05) is 13.0 Å². The van der Waals surface area contributed by atoms with Crippen LogP contribution >= 0.6 is 11.6 Å². The first-order valence-electron chi connectivity index (χ1n) is 32.5. The molecule has 4 heterocycles. The number of likely N-dealkylation sites (N-methyl/N-ethyl adjacent to an activating group) is 1. The van der Waals surface area contributed by atoms with Crippen molar-refractivity contribution in [2.75, 3.05) is 114 Å². The Morgan fingerprint density at radius 1 is 0.792 bits per heavy atom. The number of hydrogen-bond donors (Lipinski definition) is 9. The summed E-state index contributed by atoms with van der Waals surface area (Å²) in [5.74, 6) is -4.39. The average molecular weight is 1420 g/mol. The fourth-order valence-corrected chi connectivity index (χ4v) is 11.2. The fraction of sp³-hybridized carbons (Fsp3) is 0.391. The molecule has 2 aromatic heterocycles. The number of halogens is 1. The SMILES string of the molecule is Cc1cccc2c(OC(=O)N(CCCC(=O)O)CCN(C)C(=O)OCc3ccc(NC(=O)[C@H](CCCNC(N)=O)NC(=O)[C@@H](NC(=O)OCCOCCOCCOCCN4C(=O)C=CC4=O)C(C)C)cc3)cc3c(c12)[C@H](CCl)CN3C(=O)c1cc2cc(NC(=O)c3ccc(O)cc3)ncc2[nH]1. The van der Waals surface area contributed by atoms with Crippen molar-refractivity contribution in [2.24, 2.45) is 11.7 Å². The molecule has 31 nitrogen and oxygen atoms in total. The second kappa shape index (κ2) is 36.8. The molecule has 0 aliphatic carbocycles. The monoisotopic (exact) mass is 1420 g/mol. The number of nitrogens with two attached hydrogens (primary N) is 1. The third-order valence-corrected chi connectivity index (χ3v) is 16.6. The Balaban J connectivity index is 0.827. The van der Waals surface area contributed by atoms with Crippen LogP contribution in [0.15, 0.2) is 103 Å². The maximum Gasteiger partial charge on any atom is 0.415 e. The number of alkyl halides is 1. The number of pyridine rings is 1. The van der Waals surface area contributed by atoms with E-state index in [0.717, 1.165) is 21.4 Å². The molecule has 8 rings (SSSR count). The van der Waals surface area contributed by atoms with E-state index in [1.165, 1.54) is 59.5 Å². The van der Waals surface area contributed by atoms with Crippen molar-refractivity contribution in [1.29, 1.82) is 0 Å². The number of fused-ring (bicyclic) bond motifs is 4. The highest BCUT2D eigenvalue weighted by Gasteiger charge is 2.37. The van der Waals surface area contributed by atoms with E-state index in [-0.39, 0.29) is 164 Å². The molecular weight excluding hydrogens is 1340 g/mol. The Labute approximate surface area is 585 Å². The van der Waals surface area contributed by atoms with Crippen LogP contribution in [0.2, 0.25) is 0 Å². The van der Waals surface area contributed by atoms with Crippen LogP contribution in [-0.2, 0) is 54.3 Å². The summed E-state index contributed by atoms with van der Waals surface area (Å²) in [4.78, 5) is 155. The molecule has 10 N–H and O–H groups in total. The largest absolute Gasteiger partial charge is 0.508 e. The standard InChI is InChI=1S/C69H81ClN12O19/c1-41(2)61(78-67(93)99-33-32-98-31-30-97-29-28-96-27-26-81-56(84)20-21-57(81)85)64(90)76-50(10-6-22-72-66(71)92)63(89)74-47-16-12-43(13-17-47)40-100-68(94)79(4)24-25-80(23-7-11-58(86)87)69(95)101-54-36-53-60(59-42(3)8-5-9-49(54)59)46(37-70)39-82(53)65(91)51-34-45-35-55(73-38-52(45)75-51)77-62(88)44-14-18-48(83)19-15-44/h5,8-9,12-21,34-36,38,41,46,50,61,75,83H,6-7,10-11,22-33,37,39-40H2,1-4H3,(H,74,89)(H,76,90)(H,78,93)(H,86,87)(H3,71,72,92)(H,73,77,88)/t46-,50+,61+/m1/s1. The lowest BCUT2D eigenvalue weighted by Crippen LogP contribution is -2.54. The Morgan fingerprint density at radius 3 is 2.16 bits per heavy atom. The zero-order valence-electron chi connectivity index (χ0n) is 56.1. The summed E-state index contributed by atoms with van der Waals surface area (Å²) >= 11 is 6.64. The Hall–Kier alpha value is -10.9. The van der Waals surface area contributed by atoms with Crippen LogP contribution < -0.4 is 42.0 Å². The van der Waals surface area contributed by atoms with Crippen LogP contribution in [0, 0.1) is 12.8 Å². The zero-order chi connectivity index (χ0) is 72.7. The van der Waals surface area contributed by atoms with Gasteiger partial charge in [0, 0.05) is 98.2 Å². The van der Waals surface area contributed by atoms with Gasteiger partial charge in [0.05, 0.1) is 63.6 Å². The minimum Gasteiger partial charge on any atom is -0.508 e. The lowest BCUT2D eigenvalue weighted by Gasteiger charge is -2.26. The summed E-state index contributed by atoms with van der Waals surface area (Å²) in [6, 6.07) is 19.2. The number of nitrogens with one attached hydrogen (secondary N) is 6. The molecule has 101 heavy (non-hydrogen) atoms. The Kier molecular flexibility index (Phi) is 27.6. The molecule has 11 amide bonds. The van der Waals surface area contributed by atoms with Crippen LogP contribution in [-0.4, -0.2) is 211 Å². The van der Waals surface area contributed by atoms with Gasteiger partial charge in [-0.2, -0.15) is 0 Å². The first-order chi connectivity index (χ1) is 48.5. The number of H-pyrrole nitrogens is 1. The number of urea groups is 1. The zero-order valence-corrected chi connectivity index (χ0v) is 56.8. The second-order valence-corrected chi connectivity index (χ2v) is 24.2. The number of carbonyl (C=O) groups excluding carboxylic acids is 10. The molecule has 2 aliphatic rings. The third-order valence-electron chi connectivity index (χ3n) is 16.3. The lowest BCUT2D eigenvalue weighted by atomic mass is 9.92. The molecule has 6 aromatic rings. The molecule has 3 atom stereocenters. The first kappa shape index (κ1) is 75.9. The number of ether oxygens (including phenoxy) is 6. The van der Waals surface area contributed by atoms with Crippen LogP contribution in [0.25, 0.3) is 21.7 Å². The number of carboxylic acids is 1. The number of hydrogen-bond acceptors (Lipinski definition) is 19. The normalized spacial score (nSPS) is 13.7. The lowest BCUT2D eigenvalue weighted by molar-refractivity contribution is -0.138. The number of anilines is 3. The summed E-state index contributed by atoms with van der Waals surface area (Å²) in [7, 11) is 1.45. The van der Waals surface area contributed by atoms with Gasteiger partial charge >= 0.3 is 30.3 Å². The quantitative estimate of drug-likeness (QED) is 0.0115. The predicted octanol–water partition coefficient (Wildman–Crippen LogP) is 6.50. The topological polar surface area (TPSA) is 411 Å². The third kappa shape index (κ3) is 21.6. The van der Waals surface area contributed by atoms with Crippen molar-refractivity contribution in [2.45, 2.75) is 71.1 Å². The van der Waals surface area contributed by atoms with Gasteiger partial charge in [-0.05, 0) is 103 Å². The van der Waals surface area contributed by atoms with Crippen molar-refractivity contribution in [3.63, 3.8) is 0 Å². The number of carboxylic acid groups (broad SMARTS) is 1. The van der Waals surface area contributed by atoms with Crippen molar-refractivity contribution < 1.29 is 91.4 Å². The molecule has 0 bridgehead atoms. The number of aromatic nitrogens is 2. The van der Waals surface area contributed by atoms with E-state index < -0.39 is 71.9 Å². The maximum atomic E-state index is 14.6. The number of aromatic hydroxyl groups is 1. The van der Waals surface area contributed by atoms with Crippen molar-refractivity contribution in [3.05, 3.63) is 131 Å². The molecule has 0 saturated carbocycles. The number of alkyl carbamates (subject to hydrolysis) is 1. The van der Waals surface area contributed by atoms with Crippen molar-refractivity contribution in [3.8, 4) is 11.5 Å². The molecule has 0 fully saturated rings. The molecular formula is C69H81ClN12O19. The molecule has 0 spiro atoms. The Morgan fingerprint density at radius 2 is 1.49 bits per heavy atom. The van der Waals surface area contributed by atoms with Crippen LogP contribution in [0.4, 0.5) is 36.4 Å². The number of primary amides is 1. The number of phenols is 1. The van der Waals surface area contributed by atoms with Gasteiger partial charge in [0.1, 0.15) is 48.3 Å². The van der Waals surface area contributed by atoms with Gasteiger partial charge in [-0.1, -0.05) is 44.2 Å². The number of phenolic OH excluding ortho intramolecular Hbond substituents is 1. The minimum absolute atomic E-state index is 0.00577. The summed E-state index contributed by atoms with van der Waals surface area (Å²) < 4.78 is 33.3. The number of amides is 11. The fourth-order valence-electron chi connectivity index (χ4n) is 10.9. The molecule has 0 unspecified atom stereocenters. The molecule has 32 heteroatoms. The molecule has 0 radical (unpaired) electrons. The number of benzene rings is 4. The minimum atomic E-state index is -1.16. The van der Waals surface area contributed by atoms with Gasteiger partial charge < -0.3 is 90.6 Å². The van der Waals surface area contributed by atoms with Gasteiger partial charge in [0.2, 0.25) is 11.8 Å². The molecule has 0 saturated heterocycles. The maximum absolute atomic E-state index is 14.6. The van der Waals surface area contributed by atoms with Crippen molar-refractivity contribution in [1.82, 2.24) is 40.6 Å². The highest BCUT2D eigenvalue weighted by Crippen LogP contribution is 2.47. The van der Waals surface area contributed by atoms with E-state index >= 15 is 0 Å². The average Bonchev–Trinajstić information content (AvgIpc) is 1.62. The second-order valence-electron chi connectivity index (χ2n) is 23.9. The highest BCUT2D eigenvalue weighted by atomic mass is 35.5. The van der Waals surface area contributed by atoms with Crippen molar-refractivity contribution >= 4 is 116 Å². The molecule has 2 aliphatic heterocycles. The molecule has 4 aromatic carbocycles. The smallest absolute Gasteiger partial charge is 0.415 e. The van der Waals surface area contributed by atoms with E-state index in [9.17, 15) is 63.0 Å². The first-order valence-corrected chi connectivity index (χ1v) is 33.0. The molecule has 538 valence electrons. The number of nitrogens with zero attached hydrogens (tertiary/aromatic N) is 5. The number of aryl methyl sites for hydroxylation is 1. The van der Waals surface area contributed by atoms with E-state index in [2.05, 4.69) is 36.6 Å². The van der Waals surface area contributed by atoms with Gasteiger partial charge in [-0.25, -0.2) is 24.2 Å². The summed E-state index contributed by atoms with van der Waals surface area (Å²) in [6.45, 7) is 6.03. The Bertz CT molecular complexity index is 4000. The predicted molar refractivity (Wildman–Crippen MR) is 369 cm³/mol. The van der Waals surface area contributed by atoms with E-state index in [1.54, 1.807) is 73.3 Å². The van der Waals surface area contributed by atoms with Gasteiger partial charge in [-0.3, -0.25) is 38.5 Å². The van der Waals surface area contributed by atoms with Crippen LogP contribution in [0.3, 0.4) is 0 Å². The van der Waals surface area contributed by atoms with E-state index in [4.69, 9.17) is 45.8 Å². The number of imide groups is 1. The van der Waals surface area contributed by atoms with Gasteiger partial charge in [0.15, 0.2) is 0 Å². The summed E-state index contributed by atoms with van der Waals surface area (Å²) in [6.07, 6.45) is 1.37. The summed E-state index contributed by atoms with van der Waals surface area (Å²) in [5.41, 5.74) is 9.10. The highest BCUT2D eigenvalue weighted by molar-refractivity contribution is 6.20. The summed E-state index contributed by atoms with van der Waals surface area (Å²) in [5, 5.41) is 34.2. The van der Waals surface area contributed by atoms with Crippen LogP contribution in [0.1, 0.15) is 83.0 Å². The number of aromatic amines is 1. The number of carbonyl (C=O) groups is 11.